The minimum absolute atomic E-state index is 0.175. The zero-order valence-electron chi connectivity index (χ0n) is 7.92. The van der Waals surface area contributed by atoms with E-state index in [1.807, 2.05) is 0 Å². The maximum absolute atomic E-state index is 12.8. The van der Waals surface area contributed by atoms with Crippen LogP contribution < -0.4 is 11.3 Å². The quantitative estimate of drug-likeness (QED) is 0.430. The van der Waals surface area contributed by atoms with E-state index in [1.165, 1.54) is 6.07 Å². The van der Waals surface area contributed by atoms with Crippen LogP contribution in [0.3, 0.4) is 0 Å². The first-order valence-corrected chi connectivity index (χ1v) is 4.24. The highest BCUT2D eigenvalue weighted by Gasteiger charge is 2.08. The number of hydrogen-bond donors (Lipinski definition) is 2. The first-order valence-electron chi connectivity index (χ1n) is 4.24. The third kappa shape index (κ3) is 2.80. The molecule has 0 saturated heterocycles. The minimum Gasteiger partial charge on any atom is -0.271 e. The van der Waals surface area contributed by atoms with Gasteiger partial charge in [-0.3, -0.25) is 16.3 Å². The van der Waals surface area contributed by atoms with E-state index in [1.54, 1.807) is 13.1 Å². The van der Waals surface area contributed by atoms with E-state index < -0.39 is 0 Å². The predicted octanol–water partition coefficient (Wildman–Crippen LogP) is 1.14. The summed E-state index contributed by atoms with van der Waals surface area (Å²) >= 11 is 0. The van der Waals surface area contributed by atoms with Crippen LogP contribution in [0.25, 0.3) is 0 Å². The predicted molar refractivity (Wildman–Crippen MR) is 52.3 cm³/mol. The van der Waals surface area contributed by atoms with E-state index in [-0.39, 0.29) is 11.9 Å². The number of nitrogens with zero attached hydrogens (tertiary/aromatic N) is 1. The summed E-state index contributed by atoms with van der Waals surface area (Å²) in [5.41, 5.74) is 3.28. The number of rotatable bonds is 3. The Morgan fingerprint density at radius 3 is 3.00 bits per heavy atom. The van der Waals surface area contributed by atoms with Gasteiger partial charge in [-0.05, 0) is 18.6 Å². The van der Waals surface area contributed by atoms with Crippen LogP contribution in [0.1, 0.15) is 24.9 Å². The molecule has 0 spiro atoms. The van der Waals surface area contributed by atoms with E-state index in [9.17, 15) is 4.39 Å². The highest BCUT2D eigenvalue weighted by atomic mass is 19.1. The zero-order valence-corrected chi connectivity index (χ0v) is 7.92. The van der Waals surface area contributed by atoms with Gasteiger partial charge in [-0.1, -0.05) is 0 Å². The van der Waals surface area contributed by atoms with Crippen molar-refractivity contribution >= 4 is 0 Å². The second-order valence-corrected chi connectivity index (χ2v) is 2.79. The van der Waals surface area contributed by atoms with Gasteiger partial charge in [-0.2, -0.15) is 0 Å². The Morgan fingerprint density at radius 1 is 1.64 bits per heavy atom. The molecule has 0 bridgehead atoms. The molecule has 1 unspecified atom stereocenters. The van der Waals surface area contributed by atoms with Crippen molar-refractivity contribution in [1.29, 1.82) is 0 Å². The number of nitrogens with two attached hydrogens (primary N) is 1. The molecule has 14 heavy (non-hydrogen) atoms. The molecule has 0 amide bonds. The third-order valence-electron chi connectivity index (χ3n) is 1.81. The smallest absolute Gasteiger partial charge is 0.141 e. The van der Waals surface area contributed by atoms with Crippen molar-refractivity contribution in [3.05, 3.63) is 29.8 Å². The number of pyridine rings is 1. The van der Waals surface area contributed by atoms with Gasteiger partial charge in [0.15, 0.2) is 0 Å². The molecule has 1 aromatic rings. The monoisotopic (exact) mass is 193 g/mol. The van der Waals surface area contributed by atoms with Gasteiger partial charge in [-0.15, -0.1) is 11.8 Å². The van der Waals surface area contributed by atoms with Crippen LogP contribution in [-0.4, -0.2) is 4.98 Å². The van der Waals surface area contributed by atoms with Crippen molar-refractivity contribution in [2.24, 2.45) is 5.84 Å². The van der Waals surface area contributed by atoms with Gasteiger partial charge in [0.25, 0.3) is 0 Å². The third-order valence-corrected chi connectivity index (χ3v) is 1.81. The fraction of sp³-hybridized carbons (Fsp3) is 0.300. The Balaban J connectivity index is 2.81. The maximum atomic E-state index is 12.8. The van der Waals surface area contributed by atoms with E-state index in [0.717, 1.165) is 6.20 Å². The Labute approximate surface area is 82.5 Å². The summed E-state index contributed by atoms with van der Waals surface area (Å²) < 4.78 is 12.8. The largest absolute Gasteiger partial charge is 0.271 e. The van der Waals surface area contributed by atoms with E-state index in [0.29, 0.717) is 12.0 Å². The van der Waals surface area contributed by atoms with E-state index in [2.05, 4.69) is 22.3 Å². The molecule has 0 aliphatic rings. The molecule has 1 aromatic heterocycles. The van der Waals surface area contributed by atoms with Crippen molar-refractivity contribution < 1.29 is 4.39 Å². The summed E-state index contributed by atoms with van der Waals surface area (Å²) in [6.07, 6.45) is 3.27. The molecule has 1 heterocycles. The Kier molecular flexibility index (Phi) is 4.05. The van der Waals surface area contributed by atoms with Gasteiger partial charge < -0.3 is 0 Å². The Hall–Kier alpha value is -1.44. The normalized spacial score (nSPS) is 11.6. The molecule has 1 atom stereocenters. The van der Waals surface area contributed by atoms with Crippen LogP contribution in [0.15, 0.2) is 18.5 Å². The molecule has 1 rings (SSSR count). The van der Waals surface area contributed by atoms with E-state index >= 15 is 0 Å². The van der Waals surface area contributed by atoms with Crippen molar-refractivity contribution in [3.8, 4) is 11.8 Å². The van der Waals surface area contributed by atoms with Crippen LogP contribution in [0, 0.1) is 17.7 Å². The molecule has 3 N–H and O–H groups in total. The Morgan fingerprint density at radius 2 is 2.43 bits per heavy atom. The second kappa shape index (κ2) is 5.32. The van der Waals surface area contributed by atoms with Crippen LogP contribution in [0.5, 0.6) is 0 Å². The lowest BCUT2D eigenvalue weighted by atomic mass is 10.1. The first-order chi connectivity index (χ1) is 6.77. The van der Waals surface area contributed by atoms with Crippen molar-refractivity contribution in [2.75, 3.05) is 0 Å². The molecule has 0 saturated carbocycles. The number of nitrogens with one attached hydrogen (secondary N) is 1. The molecule has 74 valence electrons. The number of hydrazine groups is 1. The van der Waals surface area contributed by atoms with Crippen molar-refractivity contribution in [2.45, 2.75) is 19.4 Å². The summed E-state index contributed by atoms with van der Waals surface area (Å²) in [6.45, 7) is 1.75. The highest BCUT2D eigenvalue weighted by molar-refractivity contribution is 5.17. The highest BCUT2D eigenvalue weighted by Crippen LogP contribution is 2.14. The second-order valence-electron chi connectivity index (χ2n) is 2.79. The van der Waals surface area contributed by atoms with Gasteiger partial charge in [0, 0.05) is 12.6 Å². The van der Waals surface area contributed by atoms with E-state index in [4.69, 9.17) is 5.84 Å². The summed E-state index contributed by atoms with van der Waals surface area (Å²) in [4.78, 5) is 3.74. The average Bonchev–Trinajstić information content (AvgIpc) is 2.19. The van der Waals surface area contributed by atoms with Crippen LogP contribution in [-0.2, 0) is 0 Å². The molecular formula is C10H12FN3. The summed E-state index contributed by atoms with van der Waals surface area (Å²) in [5.74, 6) is 10.6. The van der Waals surface area contributed by atoms with Crippen LogP contribution >= 0.6 is 0 Å². The Bertz CT molecular complexity index is 354. The van der Waals surface area contributed by atoms with Crippen molar-refractivity contribution in [3.63, 3.8) is 0 Å². The summed E-state index contributed by atoms with van der Waals surface area (Å²) in [7, 11) is 0. The first kappa shape index (κ1) is 10.6. The molecule has 0 aliphatic heterocycles. The number of aromatic nitrogens is 1. The minimum atomic E-state index is -0.368. The average molecular weight is 193 g/mol. The standard InChI is InChI=1S/C10H12FN3/c1-2-3-4-10(14-12)8-5-9(11)7-13-6-8/h5-7,10,14H,4,12H2,1H3. The lowest BCUT2D eigenvalue weighted by molar-refractivity contribution is 0.554. The fourth-order valence-corrected chi connectivity index (χ4v) is 1.10. The fourth-order valence-electron chi connectivity index (χ4n) is 1.10. The SMILES string of the molecule is CC#CCC(NN)c1cncc(F)c1. The van der Waals surface area contributed by atoms with Crippen molar-refractivity contribution in [1.82, 2.24) is 10.4 Å². The van der Waals surface area contributed by atoms with Gasteiger partial charge in [0.05, 0.1) is 12.2 Å². The lowest BCUT2D eigenvalue weighted by Gasteiger charge is -2.12. The van der Waals surface area contributed by atoms with Gasteiger partial charge in [0.1, 0.15) is 5.82 Å². The van der Waals surface area contributed by atoms with Crippen LogP contribution in [0.2, 0.25) is 0 Å². The molecule has 0 aliphatic carbocycles. The topological polar surface area (TPSA) is 50.9 Å². The van der Waals surface area contributed by atoms with Crippen LogP contribution in [0.4, 0.5) is 4.39 Å². The van der Waals surface area contributed by atoms with Gasteiger partial charge in [0.2, 0.25) is 0 Å². The van der Waals surface area contributed by atoms with Gasteiger partial charge >= 0.3 is 0 Å². The lowest BCUT2D eigenvalue weighted by Crippen LogP contribution is -2.27. The summed E-state index contributed by atoms with van der Waals surface area (Å²) in [5, 5.41) is 0. The van der Waals surface area contributed by atoms with Gasteiger partial charge in [-0.25, -0.2) is 4.39 Å². The molecule has 0 aromatic carbocycles. The zero-order chi connectivity index (χ0) is 10.4. The summed E-state index contributed by atoms with van der Waals surface area (Å²) in [6, 6.07) is 1.22. The number of halogens is 1. The molecular weight excluding hydrogens is 181 g/mol. The molecule has 0 radical (unpaired) electrons. The molecule has 3 nitrogen and oxygen atoms in total. The molecule has 0 fully saturated rings. The maximum Gasteiger partial charge on any atom is 0.141 e. The number of hydrogen-bond acceptors (Lipinski definition) is 3. The molecule has 4 heteroatoms.